The van der Waals surface area contributed by atoms with Crippen LogP contribution in [-0.2, 0) is 11.3 Å². The van der Waals surface area contributed by atoms with Gasteiger partial charge >= 0.3 is 0 Å². The number of nitrogen functional groups attached to an aromatic ring is 1. The van der Waals surface area contributed by atoms with Gasteiger partial charge in [-0.25, -0.2) is 0 Å². The molecule has 0 aromatic heterocycles. The first-order valence-corrected chi connectivity index (χ1v) is 6.71. The van der Waals surface area contributed by atoms with Crippen LogP contribution in [0.15, 0.2) is 18.2 Å². The summed E-state index contributed by atoms with van der Waals surface area (Å²) in [5, 5.41) is 0. The van der Waals surface area contributed by atoms with Crippen LogP contribution in [0.5, 0.6) is 0 Å². The van der Waals surface area contributed by atoms with Crippen molar-refractivity contribution >= 4 is 17.3 Å². The van der Waals surface area contributed by atoms with E-state index in [0.29, 0.717) is 6.54 Å². The Kier molecular flexibility index (Phi) is 4.27. The fourth-order valence-corrected chi connectivity index (χ4v) is 2.58. The summed E-state index contributed by atoms with van der Waals surface area (Å²) in [5.41, 5.74) is 14.6. The minimum atomic E-state index is 0.147. The largest absolute Gasteiger partial charge is 0.398 e. The maximum atomic E-state index is 11.4. The van der Waals surface area contributed by atoms with Crippen molar-refractivity contribution in [2.45, 2.75) is 19.9 Å². The molecule has 1 aliphatic heterocycles. The van der Waals surface area contributed by atoms with Crippen molar-refractivity contribution < 1.29 is 4.79 Å². The average molecular weight is 262 g/mol. The van der Waals surface area contributed by atoms with E-state index in [9.17, 15) is 4.79 Å². The third-order valence-electron chi connectivity index (χ3n) is 3.67. The molecule has 2 rings (SSSR count). The fourth-order valence-electron chi connectivity index (χ4n) is 2.58. The zero-order valence-corrected chi connectivity index (χ0v) is 11.4. The molecule has 1 heterocycles. The lowest BCUT2D eigenvalue weighted by Crippen LogP contribution is -2.34. The van der Waals surface area contributed by atoms with Gasteiger partial charge in [-0.15, -0.1) is 0 Å². The van der Waals surface area contributed by atoms with Gasteiger partial charge in [0.1, 0.15) is 0 Å². The van der Waals surface area contributed by atoms with Gasteiger partial charge in [-0.05, 0) is 18.6 Å². The molecule has 5 heteroatoms. The molecule has 1 aromatic carbocycles. The molecule has 19 heavy (non-hydrogen) atoms. The first kappa shape index (κ1) is 13.7. The van der Waals surface area contributed by atoms with Gasteiger partial charge in [0.25, 0.3) is 0 Å². The predicted molar refractivity (Wildman–Crippen MR) is 77.8 cm³/mol. The van der Waals surface area contributed by atoms with Crippen molar-refractivity contribution in [2.24, 2.45) is 5.73 Å². The van der Waals surface area contributed by atoms with Gasteiger partial charge in [0, 0.05) is 56.6 Å². The standard InChI is InChI=1S/C14H22N4O/c1-11(19)17-6-3-7-18(9-8-17)14-5-2-4-13(16)12(14)10-15/h2,4-5H,3,6-10,15-16H2,1H3. The Bertz CT molecular complexity index is 461. The molecule has 1 saturated heterocycles. The van der Waals surface area contributed by atoms with Crippen molar-refractivity contribution in [3.05, 3.63) is 23.8 Å². The highest BCUT2D eigenvalue weighted by molar-refractivity contribution is 5.73. The van der Waals surface area contributed by atoms with Crippen molar-refractivity contribution in [3.63, 3.8) is 0 Å². The highest BCUT2D eigenvalue weighted by atomic mass is 16.2. The normalized spacial score (nSPS) is 16.3. The summed E-state index contributed by atoms with van der Waals surface area (Å²) < 4.78 is 0. The van der Waals surface area contributed by atoms with E-state index in [-0.39, 0.29) is 5.91 Å². The predicted octanol–water partition coefficient (Wildman–Crippen LogP) is 0.786. The topological polar surface area (TPSA) is 75.6 Å². The lowest BCUT2D eigenvalue weighted by atomic mass is 10.1. The van der Waals surface area contributed by atoms with E-state index < -0.39 is 0 Å². The number of benzene rings is 1. The monoisotopic (exact) mass is 262 g/mol. The van der Waals surface area contributed by atoms with Crippen LogP contribution in [0.2, 0.25) is 0 Å². The van der Waals surface area contributed by atoms with Crippen LogP contribution in [0.3, 0.4) is 0 Å². The van der Waals surface area contributed by atoms with Gasteiger partial charge in [0.2, 0.25) is 5.91 Å². The minimum absolute atomic E-state index is 0.147. The molecule has 0 spiro atoms. The second-order valence-electron chi connectivity index (χ2n) is 4.90. The maximum Gasteiger partial charge on any atom is 0.219 e. The van der Waals surface area contributed by atoms with Crippen molar-refractivity contribution in [2.75, 3.05) is 36.8 Å². The lowest BCUT2D eigenvalue weighted by Gasteiger charge is -2.26. The number of hydrogen-bond donors (Lipinski definition) is 2. The van der Waals surface area contributed by atoms with Gasteiger partial charge in [0.15, 0.2) is 0 Å². The Labute approximate surface area is 114 Å². The number of carbonyl (C=O) groups excluding carboxylic acids is 1. The summed E-state index contributed by atoms with van der Waals surface area (Å²) >= 11 is 0. The number of hydrogen-bond acceptors (Lipinski definition) is 4. The van der Waals surface area contributed by atoms with Crippen LogP contribution < -0.4 is 16.4 Å². The quantitative estimate of drug-likeness (QED) is 0.773. The van der Waals surface area contributed by atoms with Crippen LogP contribution in [0.25, 0.3) is 0 Å². The highest BCUT2D eigenvalue weighted by Gasteiger charge is 2.18. The highest BCUT2D eigenvalue weighted by Crippen LogP contribution is 2.26. The van der Waals surface area contributed by atoms with Gasteiger partial charge < -0.3 is 21.3 Å². The molecule has 5 nitrogen and oxygen atoms in total. The van der Waals surface area contributed by atoms with Crippen LogP contribution in [0.4, 0.5) is 11.4 Å². The van der Waals surface area contributed by atoms with E-state index in [0.717, 1.165) is 49.5 Å². The third kappa shape index (κ3) is 2.98. The zero-order chi connectivity index (χ0) is 13.8. The van der Waals surface area contributed by atoms with E-state index >= 15 is 0 Å². The Morgan fingerprint density at radius 1 is 1.26 bits per heavy atom. The summed E-state index contributed by atoms with van der Waals surface area (Å²) in [7, 11) is 0. The van der Waals surface area contributed by atoms with E-state index in [2.05, 4.69) is 11.0 Å². The summed E-state index contributed by atoms with van der Waals surface area (Å²) in [6.07, 6.45) is 0.971. The fraction of sp³-hybridized carbons (Fsp3) is 0.500. The van der Waals surface area contributed by atoms with Crippen LogP contribution in [-0.4, -0.2) is 37.0 Å². The van der Waals surface area contributed by atoms with Crippen LogP contribution in [0, 0.1) is 0 Å². The molecule has 0 bridgehead atoms. The van der Waals surface area contributed by atoms with Crippen molar-refractivity contribution in [1.82, 2.24) is 4.90 Å². The molecule has 1 aliphatic rings. The second kappa shape index (κ2) is 5.93. The Hall–Kier alpha value is -1.75. The Morgan fingerprint density at radius 3 is 2.74 bits per heavy atom. The number of amides is 1. The summed E-state index contributed by atoms with van der Waals surface area (Å²) in [6, 6.07) is 5.89. The van der Waals surface area contributed by atoms with Gasteiger partial charge in [-0.3, -0.25) is 4.79 Å². The molecule has 0 atom stereocenters. The minimum Gasteiger partial charge on any atom is -0.398 e. The molecule has 0 unspecified atom stereocenters. The summed E-state index contributed by atoms with van der Waals surface area (Å²) in [5.74, 6) is 0.147. The smallest absolute Gasteiger partial charge is 0.219 e. The molecule has 0 saturated carbocycles. The van der Waals surface area contributed by atoms with E-state index in [4.69, 9.17) is 11.5 Å². The summed E-state index contributed by atoms with van der Waals surface area (Å²) in [6.45, 7) is 5.41. The lowest BCUT2D eigenvalue weighted by molar-refractivity contribution is -0.128. The number of nitrogens with zero attached hydrogens (tertiary/aromatic N) is 2. The second-order valence-corrected chi connectivity index (χ2v) is 4.90. The number of carbonyl (C=O) groups is 1. The number of anilines is 2. The van der Waals surface area contributed by atoms with Gasteiger partial charge in [0.05, 0.1) is 0 Å². The molecule has 104 valence electrons. The molecular formula is C14H22N4O. The van der Waals surface area contributed by atoms with Gasteiger partial charge in [-0.2, -0.15) is 0 Å². The van der Waals surface area contributed by atoms with E-state index in [1.54, 1.807) is 6.92 Å². The van der Waals surface area contributed by atoms with Crippen LogP contribution >= 0.6 is 0 Å². The van der Waals surface area contributed by atoms with E-state index in [1.165, 1.54) is 0 Å². The van der Waals surface area contributed by atoms with E-state index in [1.807, 2.05) is 17.0 Å². The molecule has 1 aromatic rings. The molecule has 0 radical (unpaired) electrons. The first-order chi connectivity index (χ1) is 9.13. The molecule has 4 N–H and O–H groups in total. The molecule has 0 aliphatic carbocycles. The van der Waals surface area contributed by atoms with Crippen molar-refractivity contribution in [3.8, 4) is 0 Å². The molecular weight excluding hydrogens is 240 g/mol. The SMILES string of the molecule is CC(=O)N1CCCN(c2cccc(N)c2CN)CC1. The Morgan fingerprint density at radius 2 is 2.05 bits per heavy atom. The Balaban J connectivity index is 2.18. The summed E-state index contributed by atoms with van der Waals surface area (Å²) in [4.78, 5) is 15.6. The maximum absolute atomic E-state index is 11.4. The number of rotatable bonds is 2. The molecule has 1 fully saturated rings. The average Bonchev–Trinajstić information content (AvgIpc) is 2.64. The van der Waals surface area contributed by atoms with Gasteiger partial charge in [-0.1, -0.05) is 6.07 Å². The zero-order valence-electron chi connectivity index (χ0n) is 11.4. The first-order valence-electron chi connectivity index (χ1n) is 6.71. The number of nitrogens with two attached hydrogens (primary N) is 2. The third-order valence-corrected chi connectivity index (χ3v) is 3.67. The van der Waals surface area contributed by atoms with Crippen molar-refractivity contribution in [1.29, 1.82) is 0 Å². The molecule has 1 amide bonds. The van der Waals surface area contributed by atoms with Crippen LogP contribution in [0.1, 0.15) is 18.9 Å².